The van der Waals surface area contributed by atoms with Crippen molar-refractivity contribution in [1.29, 1.82) is 0 Å². The van der Waals surface area contributed by atoms with Crippen LogP contribution < -0.4 is 0 Å². The first kappa shape index (κ1) is 14.4. The normalized spacial score (nSPS) is 37.9. The molecule has 4 nitrogen and oxygen atoms in total. The molecule has 3 atom stereocenters. The monoisotopic (exact) mass is 280 g/mol. The molecule has 0 bridgehead atoms. The zero-order valence-electron chi connectivity index (χ0n) is 13.1. The van der Waals surface area contributed by atoms with E-state index in [0.29, 0.717) is 18.4 Å². The third-order valence-electron chi connectivity index (χ3n) is 5.44. The quantitative estimate of drug-likeness (QED) is 0.586. The molecule has 5 heteroatoms. The van der Waals surface area contributed by atoms with E-state index in [0.717, 1.165) is 0 Å². The van der Waals surface area contributed by atoms with Gasteiger partial charge in [0.1, 0.15) is 0 Å². The smallest absolute Gasteiger partial charge is 0.462 e. The molecule has 0 aromatic rings. The highest BCUT2D eigenvalue weighted by atomic mass is 16.7. The van der Waals surface area contributed by atoms with Crippen LogP contribution in [0.15, 0.2) is 0 Å². The molecule has 3 fully saturated rings. The third kappa shape index (κ3) is 2.19. The number of carbonyl (C=O) groups is 1. The van der Waals surface area contributed by atoms with Gasteiger partial charge in [-0.2, -0.15) is 0 Å². The average molecular weight is 280 g/mol. The van der Waals surface area contributed by atoms with E-state index < -0.39 is 0 Å². The zero-order valence-corrected chi connectivity index (χ0v) is 13.1. The van der Waals surface area contributed by atoms with Crippen LogP contribution in [0.25, 0.3) is 0 Å². The van der Waals surface area contributed by atoms with Crippen LogP contribution in [0.3, 0.4) is 0 Å². The molecule has 1 saturated heterocycles. The average Bonchev–Trinajstić information content (AvgIpc) is 3.19. The lowest BCUT2D eigenvalue weighted by Crippen LogP contribution is -2.41. The van der Waals surface area contributed by atoms with Gasteiger partial charge in [-0.1, -0.05) is 0 Å². The molecule has 2 aliphatic carbocycles. The first-order valence-corrected chi connectivity index (χ1v) is 7.81. The highest BCUT2D eigenvalue weighted by Gasteiger charge is 2.70. The van der Waals surface area contributed by atoms with Crippen molar-refractivity contribution < 1.29 is 18.8 Å². The third-order valence-corrected chi connectivity index (χ3v) is 5.44. The Kier molecular flexibility index (Phi) is 3.22. The van der Waals surface area contributed by atoms with Gasteiger partial charge in [0.15, 0.2) is 0 Å². The molecular formula is C15H25BO4. The Balaban J connectivity index is 1.72. The van der Waals surface area contributed by atoms with Crippen molar-refractivity contribution in [2.45, 2.75) is 64.5 Å². The van der Waals surface area contributed by atoms with Crippen LogP contribution in [0.1, 0.15) is 47.5 Å². The molecule has 3 unspecified atom stereocenters. The maximum absolute atomic E-state index is 12.1. The van der Waals surface area contributed by atoms with Crippen LogP contribution in [0, 0.1) is 17.8 Å². The number of hydrogen-bond acceptors (Lipinski definition) is 4. The fourth-order valence-corrected chi connectivity index (χ4v) is 3.40. The molecule has 1 heterocycles. The zero-order chi connectivity index (χ0) is 14.7. The molecule has 0 N–H and O–H groups in total. The van der Waals surface area contributed by atoms with Crippen LogP contribution in [0.2, 0.25) is 5.82 Å². The molecule has 0 amide bonds. The minimum atomic E-state index is -0.326. The van der Waals surface area contributed by atoms with Crippen molar-refractivity contribution in [3.05, 3.63) is 0 Å². The summed E-state index contributed by atoms with van der Waals surface area (Å²) in [4.78, 5) is 12.1. The number of hydrogen-bond donors (Lipinski definition) is 0. The largest absolute Gasteiger partial charge is 0.466 e. The summed E-state index contributed by atoms with van der Waals surface area (Å²) in [5, 5.41) is 0. The summed E-state index contributed by atoms with van der Waals surface area (Å²) in [7, 11) is -0.264. The van der Waals surface area contributed by atoms with E-state index in [4.69, 9.17) is 14.0 Å². The molecule has 112 valence electrons. The Hall–Kier alpha value is -0.545. The van der Waals surface area contributed by atoms with Crippen LogP contribution in [0.4, 0.5) is 0 Å². The molecule has 0 radical (unpaired) electrons. The Morgan fingerprint density at radius 2 is 1.75 bits per heavy atom. The fraction of sp³-hybridized carbons (Fsp3) is 0.933. The van der Waals surface area contributed by atoms with Crippen molar-refractivity contribution in [2.75, 3.05) is 6.61 Å². The number of esters is 1. The van der Waals surface area contributed by atoms with Crippen molar-refractivity contribution >= 4 is 13.1 Å². The maximum atomic E-state index is 12.1. The molecule has 20 heavy (non-hydrogen) atoms. The van der Waals surface area contributed by atoms with Gasteiger partial charge in [-0.3, -0.25) is 4.79 Å². The molecule has 2 saturated carbocycles. The summed E-state index contributed by atoms with van der Waals surface area (Å²) in [5.41, 5.74) is -0.652. The predicted octanol–water partition coefficient (Wildman–Crippen LogP) is 2.67. The summed E-state index contributed by atoms with van der Waals surface area (Å²) in [6.07, 6.45) is 2.47. The van der Waals surface area contributed by atoms with Crippen molar-refractivity contribution in [3.8, 4) is 0 Å². The van der Waals surface area contributed by atoms with Gasteiger partial charge in [-0.15, -0.1) is 0 Å². The summed E-state index contributed by atoms with van der Waals surface area (Å²) in [6, 6.07) is 0. The van der Waals surface area contributed by atoms with E-state index in [1.165, 1.54) is 12.8 Å². The molecule has 0 aromatic heterocycles. The number of ether oxygens (including phenoxy) is 1. The van der Waals surface area contributed by atoms with Gasteiger partial charge in [0.05, 0.1) is 23.7 Å². The lowest BCUT2D eigenvalue weighted by molar-refractivity contribution is -0.145. The van der Waals surface area contributed by atoms with Gasteiger partial charge in [0.25, 0.3) is 0 Å². The Morgan fingerprint density at radius 3 is 2.20 bits per heavy atom. The molecule has 0 aromatic carbocycles. The number of rotatable bonds is 4. The molecule has 0 spiro atoms. The minimum absolute atomic E-state index is 0.0165. The van der Waals surface area contributed by atoms with Crippen LogP contribution >= 0.6 is 0 Å². The van der Waals surface area contributed by atoms with E-state index >= 15 is 0 Å². The van der Waals surface area contributed by atoms with E-state index in [-0.39, 0.29) is 36.0 Å². The van der Waals surface area contributed by atoms with Crippen LogP contribution in [0.5, 0.6) is 0 Å². The van der Waals surface area contributed by atoms with E-state index in [1.54, 1.807) is 0 Å². The van der Waals surface area contributed by atoms with Gasteiger partial charge < -0.3 is 14.0 Å². The highest BCUT2D eigenvalue weighted by molar-refractivity contribution is 6.49. The van der Waals surface area contributed by atoms with E-state index in [1.807, 2.05) is 6.92 Å². The van der Waals surface area contributed by atoms with Crippen LogP contribution in [-0.4, -0.2) is 30.9 Å². The van der Waals surface area contributed by atoms with Gasteiger partial charge in [0, 0.05) is 5.82 Å². The Bertz CT molecular complexity index is 400. The second-order valence-corrected chi connectivity index (χ2v) is 7.39. The van der Waals surface area contributed by atoms with Gasteiger partial charge in [0.2, 0.25) is 0 Å². The number of carbonyl (C=O) groups excluding carboxylic acids is 1. The topological polar surface area (TPSA) is 44.8 Å². The predicted molar refractivity (Wildman–Crippen MR) is 76.2 cm³/mol. The summed E-state index contributed by atoms with van der Waals surface area (Å²) >= 11 is 0. The summed E-state index contributed by atoms with van der Waals surface area (Å²) in [5.74, 6) is 1.18. The van der Waals surface area contributed by atoms with Gasteiger partial charge in [-0.05, 0) is 59.3 Å². The molecule has 1 aliphatic heterocycles. The van der Waals surface area contributed by atoms with Crippen LogP contribution in [-0.2, 0) is 18.8 Å². The Labute approximate surface area is 121 Å². The second-order valence-electron chi connectivity index (χ2n) is 7.39. The lowest BCUT2D eigenvalue weighted by Gasteiger charge is -2.32. The van der Waals surface area contributed by atoms with Crippen molar-refractivity contribution in [1.82, 2.24) is 0 Å². The summed E-state index contributed by atoms with van der Waals surface area (Å²) in [6.45, 7) is 10.5. The van der Waals surface area contributed by atoms with Crippen molar-refractivity contribution in [2.24, 2.45) is 17.8 Å². The van der Waals surface area contributed by atoms with Crippen molar-refractivity contribution in [3.63, 3.8) is 0 Å². The fourth-order valence-electron chi connectivity index (χ4n) is 3.40. The second kappa shape index (κ2) is 4.47. The first-order valence-electron chi connectivity index (χ1n) is 7.81. The maximum Gasteiger partial charge on any atom is 0.462 e. The van der Waals surface area contributed by atoms with E-state index in [2.05, 4.69) is 27.7 Å². The first-order chi connectivity index (χ1) is 9.28. The summed E-state index contributed by atoms with van der Waals surface area (Å²) < 4.78 is 17.5. The van der Waals surface area contributed by atoms with E-state index in [9.17, 15) is 4.79 Å². The SMILES string of the molecule is CCOC(=O)C1C(B2OC(C)(C)C(C)(C)O2)C1C1CC1. The van der Waals surface area contributed by atoms with Gasteiger partial charge in [-0.25, -0.2) is 0 Å². The standard InChI is InChI=1S/C15H25BO4/c1-6-18-13(17)11-10(9-7-8-9)12(11)16-19-14(2,3)15(4,5)20-16/h9-12H,6-8H2,1-5H3. The van der Waals surface area contributed by atoms with Gasteiger partial charge >= 0.3 is 13.1 Å². The minimum Gasteiger partial charge on any atom is -0.466 e. The Morgan fingerprint density at radius 1 is 1.20 bits per heavy atom. The lowest BCUT2D eigenvalue weighted by atomic mass is 9.79. The highest BCUT2D eigenvalue weighted by Crippen LogP contribution is 2.66. The molecular weight excluding hydrogens is 255 g/mol. The molecule has 3 aliphatic rings. The molecule has 3 rings (SSSR count).